The van der Waals surface area contributed by atoms with Gasteiger partial charge >= 0.3 is 113 Å². The Morgan fingerprint density at radius 1 is 1.28 bits per heavy atom. The van der Waals surface area contributed by atoms with Crippen LogP contribution in [-0.2, 0) is 0 Å². The van der Waals surface area contributed by atoms with E-state index in [9.17, 15) is 4.79 Å². The molecular formula is C11H6ClN3O2Se. The van der Waals surface area contributed by atoms with E-state index in [0.29, 0.717) is 5.69 Å². The van der Waals surface area contributed by atoms with Gasteiger partial charge in [0.1, 0.15) is 0 Å². The number of nitrogens with one attached hydrogen (secondary N) is 1. The molecule has 0 radical (unpaired) electrons. The third-order valence-electron chi connectivity index (χ3n) is 2.33. The van der Waals surface area contributed by atoms with Crippen LogP contribution in [0.4, 0.5) is 17.1 Å². The predicted molar refractivity (Wildman–Crippen MR) is 68.0 cm³/mol. The molecule has 0 fully saturated rings. The number of anilines is 1. The molecule has 1 aromatic heterocycles. The van der Waals surface area contributed by atoms with Crippen LogP contribution < -0.4 is 5.32 Å². The topological polar surface area (TPSA) is 67.0 Å². The molecule has 0 atom stereocenters. The molecule has 0 saturated heterocycles. The van der Waals surface area contributed by atoms with Crippen molar-refractivity contribution >= 4 is 49.1 Å². The van der Waals surface area contributed by atoms with Crippen LogP contribution in [0.15, 0.2) is 42.7 Å². The number of rotatable bonds is 2. The van der Waals surface area contributed by atoms with Gasteiger partial charge in [-0.1, -0.05) is 0 Å². The average Bonchev–Trinajstić information content (AvgIpc) is 2.97. The fourth-order valence-electron chi connectivity index (χ4n) is 1.53. The van der Waals surface area contributed by atoms with Gasteiger partial charge in [0.05, 0.1) is 0 Å². The number of nitrogens with zero attached hydrogens (tertiary/aromatic N) is 2. The van der Waals surface area contributed by atoms with E-state index < -0.39 is 0 Å². The summed E-state index contributed by atoms with van der Waals surface area (Å²) < 4.78 is 13.6. The quantitative estimate of drug-likeness (QED) is 0.732. The van der Waals surface area contributed by atoms with Gasteiger partial charge in [-0.25, -0.2) is 0 Å². The molecule has 0 saturated carbocycles. The zero-order valence-corrected chi connectivity index (χ0v) is 11.4. The first kappa shape index (κ1) is 11.5. The number of fused-ring (bicyclic) bond motifs is 1. The summed E-state index contributed by atoms with van der Waals surface area (Å²) in [5.74, 6) is -0.192. The summed E-state index contributed by atoms with van der Waals surface area (Å²) in [5, 5.41) is 2.92. The third-order valence-corrected chi connectivity index (χ3v) is 3.67. The number of hydrogen-bond donors (Lipinski definition) is 1. The van der Waals surface area contributed by atoms with E-state index >= 15 is 0 Å². The molecule has 1 aromatic carbocycles. The zero-order valence-electron chi connectivity index (χ0n) is 8.88. The van der Waals surface area contributed by atoms with Crippen LogP contribution in [0, 0.1) is 0 Å². The SMILES string of the molecule is O=C(Nc1cccc2c1N=[Se]=N2)c1ccc(Cl)o1. The molecule has 3 rings (SSSR count). The van der Waals surface area contributed by atoms with Gasteiger partial charge < -0.3 is 0 Å². The van der Waals surface area contributed by atoms with Gasteiger partial charge in [0.25, 0.3) is 0 Å². The first-order chi connectivity index (χ1) is 8.74. The number of halogens is 1. The summed E-state index contributed by atoms with van der Waals surface area (Å²) in [6.45, 7) is 0. The fourth-order valence-corrected chi connectivity index (χ4v) is 2.83. The van der Waals surface area contributed by atoms with Crippen LogP contribution >= 0.6 is 11.6 Å². The van der Waals surface area contributed by atoms with Gasteiger partial charge in [-0.2, -0.15) is 0 Å². The Kier molecular flexibility index (Phi) is 2.91. The molecule has 1 aliphatic heterocycles. The van der Waals surface area contributed by atoms with Gasteiger partial charge in [0.2, 0.25) is 0 Å². The second kappa shape index (κ2) is 4.57. The Morgan fingerprint density at radius 3 is 2.94 bits per heavy atom. The summed E-state index contributed by atoms with van der Waals surface area (Å²) in [6.07, 6.45) is 0. The van der Waals surface area contributed by atoms with Crippen molar-refractivity contribution in [3.63, 3.8) is 0 Å². The van der Waals surface area contributed by atoms with Crippen molar-refractivity contribution in [3.8, 4) is 0 Å². The molecule has 1 N–H and O–H groups in total. The van der Waals surface area contributed by atoms with Crippen LogP contribution in [-0.4, -0.2) is 20.5 Å². The minimum atomic E-state index is -0.357. The van der Waals surface area contributed by atoms with Gasteiger partial charge in [-0.15, -0.1) is 0 Å². The van der Waals surface area contributed by atoms with E-state index in [4.69, 9.17) is 16.0 Å². The second-order valence-electron chi connectivity index (χ2n) is 3.50. The van der Waals surface area contributed by atoms with Crippen molar-refractivity contribution in [3.05, 3.63) is 41.3 Å². The van der Waals surface area contributed by atoms with Crippen molar-refractivity contribution in [2.45, 2.75) is 0 Å². The summed E-state index contributed by atoms with van der Waals surface area (Å²) in [4.78, 5) is 11.9. The van der Waals surface area contributed by atoms with Crippen LogP contribution in [0.5, 0.6) is 0 Å². The molecule has 1 amide bonds. The summed E-state index contributed by atoms with van der Waals surface area (Å²) in [7, 11) is 0. The van der Waals surface area contributed by atoms with E-state index in [1.165, 1.54) is 12.1 Å². The van der Waals surface area contributed by atoms with Crippen molar-refractivity contribution in [1.82, 2.24) is 0 Å². The number of carbonyl (C=O) groups excluding carboxylic acids is 1. The maximum atomic E-state index is 11.9. The molecule has 0 bridgehead atoms. The maximum absolute atomic E-state index is 11.9. The summed E-state index contributed by atoms with van der Waals surface area (Å²) in [6, 6.07) is 8.51. The molecular weight excluding hydrogens is 321 g/mol. The first-order valence-electron chi connectivity index (χ1n) is 5.02. The summed E-state index contributed by atoms with van der Waals surface area (Å²) in [5.41, 5.74) is 2.17. The monoisotopic (exact) mass is 327 g/mol. The molecule has 2 aromatic rings. The molecule has 1 aliphatic rings. The first-order valence-corrected chi connectivity index (χ1v) is 6.93. The minimum absolute atomic E-state index is 0.128. The predicted octanol–water partition coefficient (Wildman–Crippen LogP) is 3.53. The Bertz CT molecular complexity index is 704. The van der Waals surface area contributed by atoms with Crippen LogP contribution in [0.2, 0.25) is 5.22 Å². The Balaban J connectivity index is 1.88. The Labute approximate surface area is 113 Å². The molecule has 0 spiro atoms. The number of benzene rings is 1. The molecule has 5 nitrogen and oxygen atoms in total. The van der Waals surface area contributed by atoms with Gasteiger partial charge in [0.15, 0.2) is 0 Å². The van der Waals surface area contributed by atoms with Crippen molar-refractivity contribution in [1.29, 1.82) is 0 Å². The van der Waals surface area contributed by atoms with Crippen LogP contribution in [0.25, 0.3) is 0 Å². The average molecular weight is 327 g/mol. The molecule has 18 heavy (non-hydrogen) atoms. The van der Waals surface area contributed by atoms with Crippen LogP contribution in [0.1, 0.15) is 10.6 Å². The van der Waals surface area contributed by atoms with E-state index in [-0.39, 0.29) is 31.5 Å². The summed E-state index contributed by atoms with van der Waals surface area (Å²) >= 11 is 5.50. The fraction of sp³-hybridized carbons (Fsp3) is 0. The number of furan rings is 1. The number of carbonyl (C=O) groups is 1. The van der Waals surface area contributed by atoms with E-state index in [1.807, 2.05) is 12.1 Å². The van der Waals surface area contributed by atoms with E-state index in [0.717, 1.165) is 11.4 Å². The standard InChI is InChI=1S/C11H6ClN3O2Se/c12-9-5-4-8(17-9)11(16)13-6-2-1-3-7-10(6)15-18-14-7/h1-5H,(H,13,16). The second-order valence-corrected chi connectivity index (χ2v) is 4.98. The molecule has 90 valence electrons. The zero-order chi connectivity index (χ0) is 12.5. The van der Waals surface area contributed by atoms with Gasteiger partial charge in [0, 0.05) is 0 Å². The Hall–Kier alpha value is -1.62. The van der Waals surface area contributed by atoms with Crippen molar-refractivity contribution in [2.75, 3.05) is 5.32 Å². The van der Waals surface area contributed by atoms with Gasteiger partial charge in [-0.3, -0.25) is 0 Å². The van der Waals surface area contributed by atoms with Crippen molar-refractivity contribution < 1.29 is 9.21 Å². The Morgan fingerprint density at radius 2 is 2.17 bits per heavy atom. The van der Waals surface area contributed by atoms with Crippen LogP contribution in [0.3, 0.4) is 0 Å². The van der Waals surface area contributed by atoms with E-state index in [1.54, 1.807) is 6.07 Å². The number of amides is 1. The third kappa shape index (κ3) is 2.06. The number of hydrogen-bond acceptors (Lipinski definition) is 4. The molecule has 7 heteroatoms. The van der Waals surface area contributed by atoms with Gasteiger partial charge in [-0.05, 0) is 0 Å². The normalized spacial score (nSPS) is 12.1. The molecule has 2 heterocycles. The molecule has 0 aliphatic carbocycles. The van der Waals surface area contributed by atoms with E-state index in [2.05, 4.69) is 13.2 Å². The molecule has 0 unspecified atom stereocenters. The van der Waals surface area contributed by atoms with Crippen molar-refractivity contribution in [2.24, 2.45) is 7.92 Å².